The Kier molecular flexibility index (Phi) is 4.74. The number of carboxylic acids is 1. The van der Waals surface area contributed by atoms with Gasteiger partial charge in [0.2, 0.25) is 0 Å². The Morgan fingerprint density at radius 2 is 1.90 bits per heavy atom. The van der Waals surface area contributed by atoms with Crippen LogP contribution in [0.1, 0.15) is 26.4 Å². The standard InChI is InChI=1S/C21H17N5O5/c1-10-9-11(7-8-12(10)20(28)29)18-23-15(17(22)27)16-19(25-18)26(21(30)24-16)13-5-3-4-6-14(13)31-2/h3-9H,1-2H3,(H2,22,27)(H,24,30)(H,28,29). The number of nitrogens with zero attached hydrogens (tertiary/aromatic N) is 3. The lowest BCUT2D eigenvalue weighted by Gasteiger charge is -2.10. The van der Waals surface area contributed by atoms with E-state index in [9.17, 15) is 19.5 Å². The van der Waals surface area contributed by atoms with Crippen molar-refractivity contribution in [2.75, 3.05) is 7.11 Å². The fourth-order valence-electron chi connectivity index (χ4n) is 3.37. The average Bonchev–Trinajstić information content (AvgIpc) is 3.07. The van der Waals surface area contributed by atoms with Crippen molar-refractivity contribution in [2.45, 2.75) is 6.92 Å². The number of para-hydroxylation sites is 2. The lowest BCUT2D eigenvalue weighted by molar-refractivity contribution is 0.0696. The number of hydrogen-bond donors (Lipinski definition) is 3. The van der Waals surface area contributed by atoms with Crippen LogP contribution in [0.5, 0.6) is 5.75 Å². The van der Waals surface area contributed by atoms with E-state index >= 15 is 0 Å². The molecule has 4 rings (SSSR count). The summed E-state index contributed by atoms with van der Waals surface area (Å²) in [5, 5.41) is 9.25. The summed E-state index contributed by atoms with van der Waals surface area (Å²) < 4.78 is 6.62. The van der Waals surface area contributed by atoms with Gasteiger partial charge >= 0.3 is 11.7 Å². The zero-order valence-electron chi connectivity index (χ0n) is 16.5. The number of primary amides is 1. The first kappa shape index (κ1) is 19.8. The maximum Gasteiger partial charge on any atom is 0.335 e. The van der Waals surface area contributed by atoms with Gasteiger partial charge in [-0.25, -0.2) is 24.1 Å². The van der Waals surface area contributed by atoms with Crippen LogP contribution < -0.4 is 16.2 Å². The van der Waals surface area contributed by atoms with Gasteiger partial charge < -0.3 is 20.6 Å². The number of ether oxygens (including phenoxy) is 1. The molecule has 0 atom stereocenters. The number of nitrogens with two attached hydrogens (primary N) is 1. The van der Waals surface area contributed by atoms with E-state index < -0.39 is 17.6 Å². The first-order valence-corrected chi connectivity index (χ1v) is 9.12. The molecule has 0 aliphatic carbocycles. The van der Waals surface area contributed by atoms with Gasteiger partial charge in [0.25, 0.3) is 5.91 Å². The minimum atomic E-state index is -1.06. The molecule has 0 unspecified atom stereocenters. The van der Waals surface area contributed by atoms with Crippen molar-refractivity contribution < 1.29 is 19.4 Å². The summed E-state index contributed by atoms with van der Waals surface area (Å²) in [6.07, 6.45) is 0. The molecule has 31 heavy (non-hydrogen) atoms. The van der Waals surface area contributed by atoms with Crippen LogP contribution in [0.3, 0.4) is 0 Å². The average molecular weight is 419 g/mol. The predicted molar refractivity (Wildman–Crippen MR) is 112 cm³/mol. The zero-order chi connectivity index (χ0) is 22.3. The Labute approximate surface area is 174 Å². The summed E-state index contributed by atoms with van der Waals surface area (Å²) in [6.45, 7) is 1.64. The molecule has 0 spiro atoms. The highest BCUT2D eigenvalue weighted by Gasteiger charge is 2.22. The molecular formula is C21H17N5O5. The highest BCUT2D eigenvalue weighted by molar-refractivity contribution is 6.02. The van der Waals surface area contributed by atoms with Crippen LogP contribution in [0.15, 0.2) is 47.3 Å². The van der Waals surface area contributed by atoms with Crippen LogP contribution in [0.2, 0.25) is 0 Å². The minimum absolute atomic E-state index is 0.0889. The number of carbonyl (C=O) groups is 2. The van der Waals surface area contributed by atoms with E-state index in [2.05, 4.69) is 15.0 Å². The number of carbonyl (C=O) groups excluding carboxylic acids is 1. The highest BCUT2D eigenvalue weighted by atomic mass is 16.5. The molecule has 2 aromatic carbocycles. The number of hydrogen-bond acceptors (Lipinski definition) is 6. The maximum atomic E-state index is 12.8. The number of aromatic nitrogens is 4. The fourth-order valence-corrected chi connectivity index (χ4v) is 3.37. The SMILES string of the molecule is COc1ccccc1-n1c(=O)[nH]c2c(C(N)=O)nc(-c3ccc(C(=O)O)c(C)c3)nc21. The minimum Gasteiger partial charge on any atom is -0.495 e. The summed E-state index contributed by atoms with van der Waals surface area (Å²) >= 11 is 0. The van der Waals surface area contributed by atoms with Crippen LogP contribution in [-0.4, -0.2) is 43.6 Å². The first-order chi connectivity index (χ1) is 14.8. The number of aromatic carboxylic acids is 1. The van der Waals surface area contributed by atoms with Gasteiger partial charge in [-0.2, -0.15) is 0 Å². The van der Waals surface area contributed by atoms with E-state index in [1.807, 2.05) is 0 Å². The van der Waals surface area contributed by atoms with Crippen molar-refractivity contribution in [3.05, 3.63) is 69.8 Å². The first-order valence-electron chi connectivity index (χ1n) is 9.12. The van der Waals surface area contributed by atoms with Gasteiger partial charge in [-0.15, -0.1) is 0 Å². The molecule has 1 amide bonds. The van der Waals surface area contributed by atoms with Crippen molar-refractivity contribution in [2.24, 2.45) is 5.73 Å². The van der Waals surface area contributed by atoms with Crippen LogP contribution in [0.25, 0.3) is 28.2 Å². The molecule has 2 aromatic heterocycles. The number of nitrogens with one attached hydrogen (secondary N) is 1. The van der Waals surface area contributed by atoms with Gasteiger partial charge in [0, 0.05) is 5.56 Å². The van der Waals surface area contributed by atoms with Crippen LogP contribution >= 0.6 is 0 Å². The molecule has 4 aromatic rings. The number of benzene rings is 2. The van der Waals surface area contributed by atoms with Crippen molar-refractivity contribution >= 4 is 23.0 Å². The van der Waals surface area contributed by atoms with E-state index in [-0.39, 0.29) is 28.2 Å². The highest BCUT2D eigenvalue weighted by Crippen LogP contribution is 2.27. The normalized spacial score (nSPS) is 10.9. The molecular weight excluding hydrogens is 402 g/mol. The molecule has 2 heterocycles. The van der Waals surface area contributed by atoms with E-state index in [0.29, 0.717) is 22.6 Å². The molecule has 0 saturated carbocycles. The fraction of sp³-hybridized carbons (Fsp3) is 0.0952. The number of amides is 1. The Hall–Kier alpha value is -4.47. The van der Waals surface area contributed by atoms with Gasteiger partial charge in [0.1, 0.15) is 11.3 Å². The lowest BCUT2D eigenvalue weighted by atomic mass is 10.0. The third kappa shape index (κ3) is 3.29. The Morgan fingerprint density at radius 1 is 1.16 bits per heavy atom. The van der Waals surface area contributed by atoms with Gasteiger partial charge in [0.15, 0.2) is 17.2 Å². The second-order valence-electron chi connectivity index (χ2n) is 6.73. The number of aryl methyl sites for hydroxylation is 1. The number of methoxy groups -OCH3 is 1. The van der Waals surface area contributed by atoms with Gasteiger partial charge in [-0.05, 0) is 36.8 Å². The summed E-state index contributed by atoms with van der Waals surface area (Å²) in [5.41, 5.74) is 6.53. The molecule has 4 N–H and O–H groups in total. The Morgan fingerprint density at radius 3 is 2.55 bits per heavy atom. The molecule has 156 valence electrons. The molecule has 0 saturated heterocycles. The number of aromatic amines is 1. The summed E-state index contributed by atoms with van der Waals surface area (Å²) in [4.78, 5) is 47.5. The van der Waals surface area contributed by atoms with E-state index in [1.165, 1.54) is 23.8 Å². The topological polar surface area (TPSA) is 153 Å². The van der Waals surface area contributed by atoms with E-state index in [0.717, 1.165) is 0 Å². The third-order valence-electron chi connectivity index (χ3n) is 4.81. The second kappa shape index (κ2) is 7.41. The van der Waals surface area contributed by atoms with Crippen molar-refractivity contribution in [1.82, 2.24) is 19.5 Å². The number of fused-ring (bicyclic) bond motifs is 1. The molecule has 0 aliphatic heterocycles. The van der Waals surface area contributed by atoms with Gasteiger partial charge in [0.05, 0.1) is 18.4 Å². The molecule has 10 heteroatoms. The molecule has 0 aliphatic rings. The molecule has 0 radical (unpaired) electrons. The van der Waals surface area contributed by atoms with E-state index in [4.69, 9.17) is 10.5 Å². The second-order valence-corrected chi connectivity index (χ2v) is 6.73. The zero-order valence-corrected chi connectivity index (χ0v) is 16.5. The molecule has 10 nitrogen and oxygen atoms in total. The van der Waals surface area contributed by atoms with Crippen LogP contribution in [0, 0.1) is 6.92 Å². The van der Waals surface area contributed by atoms with E-state index in [1.54, 1.807) is 37.3 Å². The van der Waals surface area contributed by atoms with Crippen molar-refractivity contribution in [3.8, 4) is 22.8 Å². The Balaban J connectivity index is 2.04. The summed E-state index contributed by atoms with van der Waals surface area (Å²) in [6, 6.07) is 11.4. The third-order valence-corrected chi connectivity index (χ3v) is 4.81. The number of H-pyrrole nitrogens is 1. The maximum absolute atomic E-state index is 12.8. The monoisotopic (exact) mass is 419 g/mol. The van der Waals surface area contributed by atoms with Crippen molar-refractivity contribution in [3.63, 3.8) is 0 Å². The van der Waals surface area contributed by atoms with Gasteiger partial charge in [-0.3, -0.25) is 4.79 Å². The quantitative estimate of drug-likeness (QED) is 0.446. The Bertz CT molecular complexity index is 1420. The summed E-state index contributed by atoms with van der Waals surface area (Å²) in [5.74, 6) is -1.37. The van der Waals surface area contributed by atoms with Crippen LogP contribution in [-0.2, 0) is 0 Å². The smallest absolute Gasteiger partial charge is 0.335 e. The van der Waals surface area contributed by atoms with Crippen LogP contribution in [0.4, 0.5) is 0 Å². The van der Waals surface area contributed by atoms with Crippen molar-refractivity contribution in [1.29, 1.82) is 0 Å². The number of rotatable bonds is 5. The number of imidazole rings is 1. The number of carboxylic acid groups (broad SMARTS) is 1. The summed E-state index contributed by atoms with van der Waals surface area (Å²) in [7, 11) is 1.47. The molecule has 0 fully saturated rings. The predicted octanol–water partition coefficient (Wildman–Crippen LogP) is 1.89. The van der Waals surface area contributed by atoms with Gasteiger partial charge in [-0.1, -0.05) is 18.2 Å². The lowest BCUT2D eigenvalue weighted by Crippen LogP contribution is -2.16. The largest absolute Gasteiger partial charge is 0.495 e. The molecule has 0 bridgehead atoms.